The molecule has 3 heterocycles. The highest BCUT2D eigenvalue weighted by atomic mass is 32.1. The molecule has 0 saturated heterocycles. The lowest BCUT2D eigenvalue weighted by atomic mass is 10.2. The van der Waals surface area contributed by atoms with E-state index < -0.39 is 0 Å². The lowest BCUT2D eigenvalue weighted by molar-refractivity contribution is 0.182. The molecule has 3 aromatic heterocycles. The van der Waals surface area contributed by atoms with E-state index in [9.17, 15) is 0 Å². The van der Waals surface area contributed by atoms with Crippen LogP contribution in [0.15, 0.2) is 30.0 Å². The molecule has 0 radical (unpaired) electrons. The van der Waals surface area contributed by atoms with Gasteiger partial charge < -0.3 is 10.1 Å². The topological polar surface area (TPSA) is 88.6 Å². The van der Waals surface area contributed by atoms with Gasteiger partial charge >= 0.3 is 0 Å². The third kappa shape index (κ3) is 2.65. The third-order valence-corrected chi connectivity index (χ3v) is 3.33. The Bertz CT molecular complexity index is 680. The average Bonchev–Trinajstić information content (AvgIpc) is 3.09. The number of hydrogen-bond donors (Lipinski definition) is 2. The number of thiazole rings is 1. The van der Waals surface area contributed by atoms with Crippen molar-refractivity contribution in [3.05, 3.63) is 35.7 Å². The Morgan fingerprint density at radius 3 is 3.00 bits per heavy atom. The lowest BCUT2D eigenvalue weighted by Crippen LogP contribution is -1.95. The molecule has 0 saturated carbocycles. The summed E-state index contributed by atoms with van der Waals surface area (Å²) in [5.74, 6) is 0.526. The van der Waals surface area contributed by atoms with Crippen molar-refractivity contribution in [3.63, 3.8) is 0 Å². The van der Waals surface area contributed by atoms with Gasteiger partial charge in [0, 0.05) is 30.4 Å². The molecule has 8 heteroatoms. The van der Waals surface area contributed by atoms with Crippen molar-refractivity contribution < 1.29 is 4.74 Å². The second kappa shape index (κ2) is 5.76. The van der Waals surface area contributed by atoms with Crippen LogP contribution in [-0.2, 0) is 11.3 Å². The zero-order chi connectivity index (χ0) is 13.8. The second-order valence-electron chi connectivity index (χ2n) is 3.93. The maximum atomic E-state index is 5.12. The molecular formula is C12H12N6OS. The largest absolute Gasteiger partial charge is 0.378 e. The van der Waals surface area contributed by atoms with E-state index in [4.69, 9.17) is 4.74 Å². The van der Waals surface area contributed by atoms with Gasteiger partial charge in [-0.25, -0.2) is 15.0 Å². The van der Waals surface area contributed by atoms with E-state index in [-0.39, 0.29) is 0 Å². The molecule has 0 spiro atoms. The van der Waals surface area contributed by atoms with Crippen LogP contribution in [0.2, 0.25) is 0 Å². The van der Waals surface area contributed by atoms with Gasteiger partial charge in [0.25, 0.3) is 0 Å². The summed E-state index contributed by atoms with van der Waals surface area (Å²) >= 11 is 1.48. The van der Waals surface area contributed by atoms with Crippen LogP contribution in [0.4, 0.5) is 11.1 Å². The Hall–Kier alpha value is -2.32. The van der Waals surface area contributed by atoms with E-state index in [1.54, 1.807) is 31.8 Å². The van der Waals surface area contributed by atoms with Gasteiger partial charge in [-0.15, -0.1) is 11.3 Å². The fourth-order valence-corrected chi connectivity index (χ4v) is 2.41. The number of hydrogen-bond acceptors (Lipinski definition) is 7. The average molecular weight is 288 g/mol. The van der Waals surface area contributed by atoms with Crippen LogP contribution < -0.4 is 5.32 Å². The van der Waals surface area contributed by atoms with Crippen LogP contribution in [0.1, 0.15) is 5.69 Å². The van der Waals surface area contributed by atoms with Crippen LogP contribution in [-0.4, -0.2) is 32.3 Å². The number of aromatic amines is 1. The summed E-state index contributed by atoms with van der Waals surface area (Å²) in [7, 11) is 1.64. The third-order valence-electron chi connectivity index (χ3n) is 2.57. The van der Waals surface area contributed by atoms with Gasteiger partial charge in [-0.1, -0.05) is 0 Å². The smallest absolute Gasteiger partial charge is 0.228 e. The summed E-state index contributed by atoms with van der Waals surface area (Å²) in [4.78, 5) is 12.7. The fourth-order valence-electron chi connectivity index (χ4n) is 1.70. The van der Waals surface area contributed by atoms with Gasteiger partial charge in [0.05, 0.1) is 24.2 Å². The Morgan fingerprint density at radius 1 is 1.35 bits per heavy atom. The highest BCUT2D eigenvalue weighted by molar-refractivity contribution is 7.14. The maximum absolute atomic E-state index is 5.12. The first-order valence-electron chi connectivity index (χ1n) is 5.88. The predicted octanol–water partition coefficient (Wildman–Crippen LogP) is 2.21. The minimum atomic E-state index is 0.470. The normalized spacial score (nSPS) is 10.7. The van der Waals surface area contributed by atoms with Crippen molar-refractivity contribution in [1.29, 1.82) is 0 Å². The number of nitrogens with one attached hydrogen (secondary N) is 2. The van der Waals surface area contributed by atoms with Crippen molar-refractivity contribution in [2.45, 2.75) is 6.61 Å². The Labute approximate surface area is 119 Å². The number of H-pyrrole nitrogens is 1. The molecular weight excluding hydrogens is 276 g/mol. The summed E-state index contributed by atoms with van der Waals surface area (Å²) in [5, 5.41) is 12.7. The minimum Gasteiger partial charge on any atom is -0.378 e. The molecule has 102 valence electrons. The lowest BCUT2D eigenvalue weighted by Gasteiger charge is -1.99. The molecule has 3 aromatic rings. The predicted molar refractivity (Wildman–Crippen MR) is 75.7 cm³/mol. The van der Waals surface area contributed by atoms with Crippen molar-refractivity contribution >= 4 is 22.4 Å². The Kier molecular flexibility index (Phi) is 3.66. The first-order valence-corrected chi connectivity index (χ1v) is 6.76. The number of ether oxygens (including phenoxy) is 1. The molecule has 0 aliphatic carbocycles. The van der Waals surface area contributed by atoms with Crippen LogP contribution in [0.25, 0.3) is 11.3 Å². The maximum Gasteiger partial charge on any atom is 0.228 e. The van der Waals surface area contributed by atoms with Crippen molar-refractivity contribution in [2.24, 2.45) is 0 Å². The van der Waals surface area contributed by atoms with Crippen LogP contribution in [0.5, 0.6) is 0 Å². The standard InChI is InChI=1S/C12H12N6OS/c1-19-6-9-8(5-15-18-9)10-7-20-12(16-10)17-11-13-3-2-4-14-11/h2-5,7H,6H2,1H3,(H,15,18)(H,13,14,16,17). The zero-order valence-electron chi connectivity index (χ0n) is 10.7. The molecule has 0 aromatic carbocycles. The number of rotatable bonds is 5. The van der Waals surface area contributed by atoms with E-state index in [1.807, 2.05) is 5.38 Å². The molecule has 0 bridgehead atoms. The molecule has 0 atom stereocenters. The van der Waals surface area contributed by atoms with E-state index in [0.717, 1.165) is 22.1 Å². The second-order valence-corrected chi connectivity index (χ2v) is 4.79. The molecule has 0 fully saturated rings. The highest BCUT2D eigenvalue weighted by Crippen LogP contribution is 2.27. The van der Waals surface area contributed by atoms with Crippen molar-refractivity contribution in [3.8, 4) is 11.3 Å². The summed E-state index contributed by atoms with van der Waals surface area (Å²) < 4.78 is 5.12. The fraction of sp³-hybridized carbons (Fsp3) is 0.167. The summed E-state index contributed by atoms with van der Waals surface area (Å²) in [6, 6.07) is 1.76. The number of nitrogens with zero attached hydrogens (tertiary/aromatic N) is 4. The molecule has 0 amide bonds. The molecule has 0 unspecified atom stereocenters. The quantitative estimate of drug-likeness (QED) is 0.748. The summed E-state index contributed by atoms with van der Waals surface area (Å²) in [6.45, 7) is 0.470. The van der Waals surface area contributed by atoms with Gasteiger partial charge in [-0.3, -0.25) is 5.10 Å². The Morgan fingerprint density at radius 2 is 2.20 bits per heavy atom. The molecule has 20 heavy (non-hydrogen) atoms. The monoisotopic (exact) mass is 288 g/mol. The van der Waals surface area contributed by atoms with Gasteiger partial charge in [0.2, 0.25) is 5.95 Å². The van der Waals surface area contributed by atoms with Crippen LogP contribution in [0, 0.1) is 0 Å². The van der Waals surface area contributed by atoms with Crippen molar-refractivity contribution in [2.75, 3.05) is 12.4 Å². The van der Waals surface area contributed by atoms with Crippen LogP contribution in [0.3, 0.4) is 0 Å². The molecule has 3 rings (SSSR count). The molecule has 0 aliphatic heterocycles. The molecule has 7 nitrogen and oxygen atoms in total. The number of methoxy groups -OCH3 is 1. The first kappa shape index (κ1) is 12.7. The molecule has 0 aliphatic rings. The number of anilines is 2. The number of aromatic nitrogens is 5. The van der Waals surface area contributed by atoms with E-state index >= 15 is 0 Å². The molecule has 2 N–H and O–H groups in total. The summed E-state index contributed by atoms with van der Waals surface area (Å²) in [5.41, 5.74) is 2.68. The van der Waals surface area contributed by atoms with Gasteiger partial charge in [-0.2, -0.15) is 5.10 Å². The first-order chi connectivity index (χ1) is 9.86. The van der Waals surface area contributed by atoms with Gasteiger partial charge in [0.15, 0.2) is 5.13 Å². The zero-order valence-corrected chi connectivity index (χ0v) is 11.5. The van der Waals surface area contributed by atoms with Crippen molar-refractivity contribution in [1.82, 2.24) is 25.1 Å². The van der Waals surface area contributed by atoms with E-state index in [2.05, 4.69) is 30.5 Å². The summed E-state index contributed by atoms with van der Waals surface area (Å²) in [6.07, 6.45) is 5.10. The highest BCUT2D eigenvalue weighted by Gasteiger charge is 2.11. The van der Waals surface area contributed by atoms with Gasteiger partial charge in [0.1, 0.15) is 0 Å². The SMILES string of the molecule is COCc1[nH]ncc1-c1csc(Nc2ncccn2)n1. The van der Waals surface area contributed by atoms with Gasteiger partial charge in [-0.05, 0) is 6.07 Å². The Balaban J connectivity index is 1.81. The van der Waals surface area contributed by atoms with Crippen LogP contribution >= 0.6 is 11.3 Å². The van der Waals surface area contributed by atoms with E-state index in [0.29, 0.717) is 12.6 Å². The minimum absolute atomic E-state index is 0.470. The van der Waals surface area contributed by atoms with E-state index in [1.165, 1.54) is 11.3 Å².